The Morgan fingerprint density at radius 2 is 1.25 bits per heavy atom. The first-order valence-electron chi connectivity index (χ1n) is 6.91. The van der Waals surface area contributed by atoms with E-state index >= 15 is 0 Å². The third-order valence-corrected chi connectivity index (χ3v) is 3.11. The van der Waals surface area contributed by atoms with Gasteiger partial charge in [0.05, 0.1) is 0 Å². The predicted molar refractivity (Wildman–Crippen MR) is 83.8 cm³/mol. The maximum Gasteiger partial charge on any atom is 0.330 e. The molecule has 0 aliphatic heterocycles. The number of hydrogen-bond acceptors (Lipinski definition) is 5. The van der Waals surface area contributed by atoms with E-state index < -0.39 is 28.5 Å². The number of nitrogens with one attached hydrogen (secondary N) is 4. The van der Waals surface area contributed by atoms with Gasteiger partial charge in [-0.3, -0.25) is 9.59 Å². The van der Waals surface area contributed by atoms with Crippen molar-refractivity contribution in [1.82, 2.24) is 29.7 Å². The van der Waals surface area contributed by atoms with Crippen LogP contribution in [0, 0.1) is 13.8 Å². The Kier molecular flexibility index (Phi) is 4.82. The molecule has 0 aromatic carbocycles. The number of nitrogens with zero attached hydrogens (tertiary/aromatic N) is 2. The second-order valence-electron chi connectivity index (χ2n) is 5.05. The Hall–Kier alpha value is -3.37. The van der Waals surface area contributed by atoms with Gasteiger partial charge in [0.15, 0.2) is 0 Å². The van der Waals surface area contributed by atoms with Crippen LogP contribution in [-0.2, 0) is 13.3 Å². The van der Waals surface area contributed by atoms with Crippen LogP contribution < -0.4 is 33.1 Å². The largest absolute Gasteiger partial charge is 0.330 e. The second kappa shape index (κ2) is 6.81. The molecule has 2 heterocycles. The molecule has 128 valence electrons. The van der Waals surface area contributed by atoms with Gasteiger partial charge in [0.25, 0.3) is 11.1 Å². The van der Waals surface area contributed by atoms with Crippen molar-refractivity contribution in [1.29, 1.82) is 0 Å². The lowest BCUT2D eigenvalue weighted by molar-refractivity contribution is 0.234. The first kappa shape index (κ1) is 17.0. The van der Waals surface area contributed by atoms with Crippen LogP contribution in [0.25, 0.3) is 0 Å². The van der Waals surface area contributed by atoms with E-state index in [9.17, 15) is 24.0 Å². The molecule has 2 rings (SSSR count). The van der Waals surface area contributed by atoms with Gasteiger partial charge in [-0.15, -0.1) is 0 Å². The normalized spacial score (nSPS) is 10.4. The van der Waals surface area contributed by atoms with Gasteiger partial charge in [-0.05, 0) is 13.8 Å². The summed E-state index contributed by atoms with van der Waals surface area (Å²) in [4.78, 5) is 63.1. The zero-order valence-corrected chi connectivity index (χ0v) is 13.0. The predicted octanol–water partition coefficient (Wildman–Crippen LogP) is -2.08. The van der Waals surface area contributed by atoms with Crippen molar-refractivity contribution in [2.75, 3.05) is 0 Å². The first-order chi connectivity index (χ1) is 11.3. The summed E-state index contributed by atoms with van der Waals surface area (Å²) < 4.78 is 1.58. The van der Waals surface area contributed by atoms with Crippen LogP contribution in [0.5, 0.6) is 0 Å². The highest BCUT2D eigenvalue weighted by Crippen LogP contribution is 1.80. The van der Waals surface area contributed by atoms with Gasteiger partial charge in [-0.1, -0.05) is 0 Å². The fraction of sp³-hybridized carbons (Fsp3) is 0.308. The number of aryl methyl sites for hydroxylation is 2. The maximum absolute atomic E-state index is 11.7. The van der Waals surface area contributed by atoms with Crippen LogP contribution in [0.2, 0.25) is 0 Å². The quantitative estimate of drug-likeness (QED) is 0.505. The van der Waals surface area contributed by atoms with Crippen LogP contribution in [0.3, 0.4) is 0 Å². The molecular formula is C13H16N6O5. The smallest absolute Gasteiger partial charge is 0.320 e. The number of aromatic amines is 2. The van der Waals surface area contributed by atoms with Gasteiger partial charge in [0, 0.05) is 23.5 Å². The zero-order chi connectivity index (χ0) is 17.9. The minimum absolute atomic E-state index is 0.362. The lowest BCUT2D eigenvalue weighted by atomic mass is 10.4. The van der Waals surface area contributed by atoms with Crippen molar-refractivity contribution in [3.63, 3.8) is 0 Å². The lowest BCUT2D eigenvalue weighted by Gasteiger charge is -2.10. The fourth-order valence-corrected chi connectivity index (χ4v) is 1.93. The highest BCUT2D eigenvalue weighted by Gasteiger charge is 2.07. The summed E-state index contributed by atoms with van der Waals surface area (Å²) in [5, 5.41) is 4.57. The van der Waals surface area contributed by atoms with Crippen LogP contribution in [0.4, 0.5) is 4.79 Å². The molecule has 4 N–H and O–H groups in total. The topological polar surface area (TPSA) is 151 Å². The molecule has 0 spiro atoms. The summed E-state index contributed by atoms with van der Waals surface area (Å²) in [6.07, 6.45) is 0. The monoisotopic (exact) mass is 336 g/mol. The summed E-state index contributed by atoms with van der Waals surface area (Å²) in [6, 6.07) is 1.67. The number of urea groups is 1. The van der Waals surface area contributed by atoms with Crippen LogP contribution in [-0.4, -0.2) is 25.1 Å². The molecule has 2 aromatic heterocycles. The lowest BCUT2D eigenvalue weighted by Crippen LogP contribution is -2.46. The van der Waals surface area contributed by atoms with Crippen molar-refractivity contribution in [3.8, 4) is 0 Å². The zero-order valence-electron chi connectivity index (χ0n) is 13.0. The second-order valence-corrected chi connectivity index (χ2v) is 5.05. The van der Waals surface area contributed by atoms with Crippen molar-refractivity contribution in [2.45, 2.75) is 27.2 Å². The average molecular weight is 336 g/mol. The number of carbonyl (C=O) groups excluding carboxylic acids is 1. The van der Waals surface area contributed by atoms with E-state index in [1.807, 2.05) is 0 Å². The van der Waals surface area contributed by atoms with Gasteiger partial charge >= 0.3 is 17.4 Å². The average Bonchev–Trinajstić information content (AvgIpc) is 2.44. The van der Waals surface area contributed by atoms with E-state index in [1.54, 1.807) is 13.8 Å². The van der Waals surface area contributed by atoms with Crippen LogP contribution in [0.15, 0.2) is 31.3 Å². The summed E-state index contributed by atoms with van der Waals surface area (Å²) in [5.74, 6) is 0. The Morgan fingerprint density at radius 3 is 1.58 bits per heavy atom. The summed E-state index contributed by atoms with van der Waals surface area (Å²) in [5.41, 5.74) is -1.64. The van der Waals surface area contributed by atoms with E-state index in [1.165, 1.54) is 12.1 Å². The molecule has 11 nitrogen and oxygen atoms in total. The van der Waals surface area contributed by atoms with Crippen LogP contribution in [0.1, 0.15) is 11.4 Å². The Labute approximate surface area is 134 Å². The van der Waals surface area contributed by atoms with Crippen molar-refractivity contribution < 1.29 is 4.79 Å². The van der Waals surface area contributed by atoms with Crippen LogP contribution >= 0.6 is 0 Å². The number of aromatic nitrogens is 4. The molecular weight excluding hydrogens is 320 g/mol. The molecule has 11 heteroatoms. The van der Waals surface area contributed by atoms with E-state index in [4.69, 9.17) is 0 Å². The number of H-pyrrole nitrogens is 2. The van der Waals surface area contributed by atoms with Gasteiger partial charge in [-0.25, -0.2) is 23.5 Å². The van der Waals surface area contributed by atoms with Gasteiger partial charge < -0.3 is 20.6 Å². The number of amides is 2. The molecule has 2 aromatic rings. The first-order valence-corrected chi connectivity index (χ1v) is 6.91. The minimum Gasteiger partial charge on any atom is -0.320 e. The molecule has 0 aliphatic rings. The van der Waals surface area contributed by atoms with Crippen molar-refractivity contribution >= 4 is 6.03 Å². The minimum atomic E-state index is -0.756. The third-order valence-electron chi connectivity index (χ3n) is 3.11. The van der Waals surface area contributed by atoms with Crippen molar-refractivity contribution in [2.24, 2.45) is 0 Å². The highest BCUT2D eigenvalue weighted by molar-refractivity contribution is 5.73. The summed E-state index contributed by atoms with van der Waals surface area (Å²) >= 11 is 0. The molecule has 0 saturated heterocycles. The number of hydrogen-bond donors (Lipinski definition) is 4. The van der Waals surface area contributed by atoms with E-state index in [-0.39, 0.29) is 13.3 Å². The van der Waals surface area contributed by atoms with Gasteiger partial charge in [-0.2, -0.15) is 0 Å². The van der Waals surface area contributed by atoms with E-state index in [2.05, 4.69) is 20.6 Å². The maximum atomic E-state index is 11.7. The van der Waals surface area contributed by atoms with Gasteiger partial charge in [0.1, 0.15) is 13.3 Å². The third kappa shape index (κ3) is 3.88. The van der Waals surface area contributed by atoms with Gasteiger partial charge in [0.2, 0.25) is 0 Å². The standard InChI is InChI=1S/C13H16N6O5/c1-7-3-9(20)18(12(23)16-7)5-14-11(22)15-6-19-10(21)4-8(2)17-13(19)24/h3-4H,5-6H2,1-2H3,(H,16,23)(H,17,24)(H2,14,15,22). The molecule has 0 bridgehead atoms. The van der Waals surface area contributed by atoms with E-state index in [0.29, 0.717) is 11.4 Å². The Morgan fingerprint density at radius 1 is 0.875 bits per heavy atom. The van der Waals surface area contributed by atoms with Crippen molar-refractivity contribution in [3.05, 3.63) is 65.2 Å². The fourth-order valence-electron chi connectivity index (χ4n) is 1.93. The molecule has 2 amide bonds. The molecule has 0 fully saturated rings. The molecule has 0 unspecified atom stereocenters. The summed E-state index contributed by atoms with van der Waals surface area (Å²) in [6.45, 7) is 2.40. The van der Waals surface area contributed by atoms with E-state index in [0.717, 1.165) is 9.13 Å². The highest BCUT2D eigenvalue weighted by atomic mass is 16.2. The SMILES string of the molecule is Cc1cc(=O)n(CNC(=O)NCn2c(=O)cc(C)[nH]c2=O)c(=O)[nH]1. The summed E-state index contributed by atoms with van der Waals surface area (Å²) in [7, 11) is 0. The molecule has 0 aliphatic carbocycles. The molecule has 0 saturated carbocycles. The molecule has 24 heavy (non-hydrogen) atoms. The number of carbonyl (C=O) groups is 1. The molecule has 0 radical (unpaired) electrons. The Balaban J connectivity index is 2.01. The Bertz CT molecular complexity index is 853. The number of rotatable bonds is 4. The molecule has 0 atom stereocenters.